The van der Waals surface area contributed by atoms with Gasteiger partial charge in [-0.2, -0.15) is 0 Å². The Labute approximate surface area is 137 Å². The van der Waals surface area contributed by atoms with Crippen LogP contribution in [0.2, 0.25) is 0 Å². The molecule has 0 aliphatic carbocycles. The summed E-state index contributed by atoms with van der Waals surface area (Å²) in [7, 11) is 0. The highest BCUT2D eigenvalue weighted by Gasteiger charge is 2.31. The number of nitrogens with one attached hydrogen (secondary N) is 2. The lowest BCUT2D eigenvalue weighted by Crippen LogP contribution is -2.41. The second-order valence-corrected chi connectivity index (χ2v) is 5.08. The molecule has 2 atom stereocenters. The van der Waals surface area contributed by atoms with Gasteiger partial charge in [-0.05, 0) is 30.5 Å². The second-order valence-electron chi connectivity index (χ2n) is 5.08. The van der Waals surface area contributed by atoms with Crippen LogP contribution in [-0.2, 0) is 11.2 Å². The zero-order valence-electron chi connectivity index (χ0n) is 12.1. The molecule has 0 spiro atoms. The van der Waals surface area contributed by atoms with E-state index in [1.165, 1.54) is 24.3 Å². The zero-order valence-corrected chi connectivity index (χ0v) is 12.9. The van der Waals surface area contributed by atoms with Crippen molar-refractivity contribution in [2.24, 2.45) is 0 Å². The number of amides is 1. The molecular weight excluding hydrogens is 337 g/mol. The van der Waals surface area contributed by atoms with Gasteiger partial charge in [0.05, 0.1) is 12.1 Å². The maximum Gasteiger partial charge on any atom is 0.573 e. The van der Waals surface area contributed by atoms with Crippen molar-refractivity contribution in [2.75, 3.05) is 13.1 Å². The third-order valence-corrected chi connectivity index (χ3v) is 3.29. The largest absolute Gasteiger partial charge is 0.573 e. The van der Waals surface area contributed by atoms with E-state index in [1.807, 2.05) is 0 Å². The summed E-state index contributed by atoms with van der Waals surface area (Å²) in [5, 5.41) is 14.9. The highest BCUT2D eigenvalue weighted by Crippen LogP contribution is 2.22. The summed E-state index contributed by atoms with van der Waals surface area (Å²) in [6, 6.07) is 5.12. The molecule has 1 amide bonds. The molecule has 5 nitrogen and oxygen atoms in total. The number of benzene rings is 1. The Morgan fingerprint density at radius 2 is 2.00 bits per heavy atom. The third kappa shape index (κ3) is 6.64. The van der Waals surface area contributed by atoms with Gasteiger partial charge in [0.1, 0.15) is 5.75 Å². The van der Waals surface area contributed by atoms with Gasteiger partial charge < -0.3 is 20.5 Å². The Hall–Kier alpha value is -1.51. The third-order valence-electron chi connectivity index (χ3n) is 3.29. The molecule has 0 aromatic heterocycles. The first-order valence-electron chi connectivity index (χ1n) is 6.87. The van der Waals surface area contributed by atoms with Crippen molar-refractivity contribution in [3.05, 3.63) is 29.8 Å². The van der Waals surface area contributed by atoms with Gasteiger partial charge in [-0.25, -0.2) is 0 Å². The summed E-state index contributed by atoms with van der Waals surface area (Å²) < 4.78 is 39.8. The molecule has 130 valence electrons. The van der Waals surface area contributed by atoms with Crippen LogP contribution in [0.25, 0.3) is 0 Å². The van der Waals surface area contributed by atoms with Gasteiger partial charge in [0, 0.05) is 13.1 Å². The Bertz CT molecular complexity index is 511. The van der Waals surface area contributed by atoms with Gasteiger partial charge >= 0.3 is 6.36 Å². The molecule has 1 heterocycles. The van der Waals surface area contributed by atoms with Crippen LogP contribution in [0.3, 0.4) is 0 Å². The van der Waals surface area contributed by atoms with Gasteiger partial charge in [0.2, 0.25) is 5.91 Å². The van der Waals surface area contributed by atoms with Crippen molar-refractivity contribution >= 4 is 18.3 Å². The number of rotatable bonds is 5. The van der Waals surface area contributed by atoms with Crippen LogP contribution >= 0.6 is 12.4 Å². The van der Waals surface area contributed by atoms with Crippen LogP contribution in [0.15, 0.2) is 24.3 Å². The Balaban J connectivity index is 0.00000264. The van der Waals surface area contributed by atoms with Crippen molar-refractivity contribution in [1.29, 1.82) is 0 Å². The molecule has 1 aliphatic rings. The standard InChI is InChI=1S/C14H17F3N2O3.ClH/c15-14(16,17)22-11-3-1-9(2-4-11)5-6-18-13(21)12-7-10(20)8-19-12;/h1-4,10,12,19-20H,5-8H2,(H,18,21);1H. The number of hydrogen-bond acceptors (Lipinski definition) is 4. The molecule has 1 aromatic carbocycles. The lowest BCUT2D eigenvalue weighted by atomic mass is 10.1. The molecular formula is C14H18ClF3N2O3. The summed E-state index contributed by atoms with van der Waals surface area (Å²) in [4.78, 5) is 11.8. The fraction of sp³-hybridized carbons (Fsp3) is 0.500. The summed E-state index contributed by atoms with van der Waals surface area (Å²) in [5.41, 5.74) is 0.786. The van der Waals surface area contributed by atoms with Crippen LogP contribution in [0, 0.1) is 0 Å². The van der Waals surface area contributed by atoms with E-state index >= 15 is 0 Å². The molecule has 2 rings (SSSR count). The van der Waals surface area contributed by atoms with E-state index in [0.29, 0.717) is 25.9 Å². The summed E-state index contributed by atoms with van der Waals surface area (Å²) in [6.07, 6.45) is -4.33. The lowest BCUT2D eigenvalue weighted by molar-refractivity contribution is -0.274. The highest BCUT2D eigenvalue weighted by atomic mass is 35.5. The van der Waals surface area contributed by atoms with E-state index in [9.17, 15) is 23.1 Å². The SMILES string of the molecule is Cl.O=C(NCCc1ccc(OC(F)(F)F)cc1)C1CC(O)CN1. The number of β-amino-alcohol motifs (C(OH)–C–C–N with tert-alkyl or cyclic N) is 1. The first kappa shape index (κ1) is 19.5. The Kier molecular flexibility index (Phi) is 7.11. The number of carbonyl (C=O) groups excluding carboxylic acids is 1. The fourth-order valence-electron chi connectivity index (χ4n) is 2.23. The first-order chi connectivity index (χ1) is 10.3. The van der Waals surface area contributed by atoms with Gasteiger partial charge in [-0.1, -0.05) is 12.1 Å². The number of carbonyl (C=O) groups is 1. The van der Waals surface area contributed by atoms with Crippen LogP contribution < -0.4 is 15.4 Å². The minimum absolute atomic E-state index is 0. The predicted molar refractivity (Wildman–Crippen MR) is 79.5 cm³/mol. The van der Waals surface area contributed by atoms with Crippen molar-refractivity contribution < 1.29 is 27.8 Å². The summed E-state index contributed by atoms with van der Waals surface area (Å²) in [5.74, 6) is -0.460. The molecule has 23 heavy (non-hydrogen) atoms. The molecule has 0 saturated carbocycles. The van der Waals surface area contributed by atoms with Gasteiger partial charge in [0.25, 0.3) is 0 Å². The minimum atomic E-state index is -4.70. The maximum absolute atomic E-state index is 12.0. The van der Waals surface area contributed by atoms with Crippen molar-refractivity contribution in [2.45, 2.75) is 31.3 Å². The van der Waals surface area contributed by atoms with Gasteiger partial charge in [-0.3, -0.25) is 4.79 Å². The molecule has 1 aromatic rings. The van der Waals surface area contributed by atoms with E-state index in [1.54, 1.807) is 0 Å². The normalized spacial score (nSPS) is 20.7. The molecule has 0 bridgehead atoms. The van der Waals surface area contributed by atoms with E-state index in [0.717, 1.165) is 5.56 Å². The minimum Gasteiger partial charge on any atom is -0.406 e. The quantitative estimate of drug-likeness (QED) is 0.747. The van der Waals surface area contributed by atoms with Crippen molar-refractivity contribution in [1.82, 2.24) is 10.6 Å². The Morgan fingerprint density at radius 3 is 2.52 bits per heavy atom. The average molecular weight is 355 g/mol. The molecule has 1 saturated heterocycles. The molecule has 1 aliphatic heterocycles. The lowest BCUT2D eigenvalue weighted by Gasteiger charge is -2.11. The number of aliphatic hydroxyl groups is 1. The smallest absolute Gasteiger partial charge is 0.406 e. The number of hydrogen-bond donors (Lipinski definition) is 3. The van der Waals surface area contributed by atoms with Gasteiger partial charge in [-0.15, -0.1) is 25.6 Å². The number of alkyl halides is 3. The predicted octanol–water partition coefficient (Wildman–Crippen LogP) is 1.39. The van der Waals surface area contributed by atoms with Crippen LogP contribution in [0.4, 0.5) is 13.2 Å². The second kappa shape index (κ2) is 8.37. The number of ether oxygens (including phenoxy) is 1. The van der Waals surface area contributed by atoms with E-state index in [-0.39, 0.29) is 24.1 Å². The van der Waals surface area contributed by atoms with Crippen molar-refractivity contribution in [3.8, 4) is 5.75 Å². The Morgan fingerprint density at radius 1 is 1.35 bits per heavy atom. The molecule has 9 heteroatoms. The topological polar surface area (TPSA) is 70.6 Å². The monoisotopic (exact) mass is 354 g/mol. The van der Waals surface area contributed by atoms with Gasteiger partial charge in [0.15, 0.2) is 0 Å². The number of halogens is 4. The summed E-state index contributed by atoms with van der Waals surface area (Å²) >= 11 is 0. The maximum atomic E-state index is 12.0. The van der Waals surface area contributed by atoms with Crippen LogP contribution in [-0.4, -0.2) is 42.6 Å². The van der Waals surface area contributed by atoms with Crippen LogP contribution in [0.5, 0.6) is 5.75 Å². The first-order valence-corrected chi connectivity index (χ1v) is 6.87. The average Bonchev–Trinajstić information content (AvgIpc) is 2.86. The summed E-state index contributed by atoms with van der Waals surface area (Å²) in [6.45, 7) is 0.769. The van der Waals surface area contributed by atoms with E-state index < -0.39 is 18.5 Å². The van der Waals surface area contributed by atoms with E-state index in [4.69, 9.17) is 0 Å². The molecule has 0 radical (unpaired) electrons. The molecule has 2 unspecified atom stereocenters. The van der Waals surface area contributed by atoms with E-state index in [2.05, 4.69) is 15.4 Å². The van der Waals surface area contributed by atoms with Crippen LogP contribution in [0.1, 0.15) is 12.0 Å². The zero-order chi connectivity index (χ0) is 16.2. The molecule has 3 N–H and O–H groups in total. The number of aliphatic hydroxyl groups excluding tert-OH is 1. The fourth-order valence-corrected chi connectivity index (χ4v) is 2.23. The highest BCUT2D eigenvalue weighted by molar-refractivity contribution is 5.85. The van der Waals surface area contributed by atoms with Crippen molar-refractivity contribution in [3.63, 3.8) is 0 Å². The molecule has 1 fully saturated rings.